The molecule has 0 saturated heterocycles. The van der Waals surface area contributed by atoms with E-state index in [0.717, 1.165) is 32.7 Å². The minimum absolute atomic E-state index is 0.199. The minimum Gasteiger partial charge on any atom is -0.465 e. The van der Waals surface area contributed by atoms with Crippen molar-refractivity contribution in [3.05, 3.63) is 80.3 Å². The Morgan fingerprint density at radius 3 is 2.00 bits per heavy atom. The van der Waals surface area contributed by atoms with Gasteiger partial charge in [-0.3, -0.25) is 0 Å². The number of hydrogen-bond acceptors (Lipinski definition) is 4. The molecule has 3 rings (SSSR count). The lowest BCUT2D eigenvalue weighted by molar-refractivity contribution is 0.0555. The molecule has 0 aromatic heterocycles. The van der Waals surface area contributed by atoms with E-state index in [-0.39, 0.29) is 11.1 Å². The van der Waals surface area contributed by atoms with Crippen molar-refractivity contribution in [3.8, 4) is 0 Å². The van der Waals surface area contributed by atoms with E-state index in [1.54, 1.807) is 12.1 Å². The Morgan fingerprint density at radius 2 is 1.41 bits per heavy atom. The highest BCUT2D eigenvalue weighted by molar-refractivity contribution is 6.03. The van der Waals surface area contributed by atoms with Crippen LogP contribution in [0, 0.1) is 5.92 Å². The maximum atomic E-state index is 12.4. The van der Waals surface area contributed by atoms with Gasteiger partial charge in [0.05, 0.1) is 25.3 Å². The summed E-state index contributed by atoms with van der Waals surface area (Å²) in [4.78, 5) is 24.8. The molecular formula is C25H26O4. The van der Waals surface area contributed by atoms with Gasteiger partial charge in [-0.25, -0.2) is 9.59 Å². The van der Waals surface area contributed by atoms with Crippen molar-refractivity contribution < 1.29 is 19.1 Å². The molecule has 0 saturated carbocycles. The van der Waals surface area contributed by atoms with Gasteiger partial charge in [0.15, 0.2) is 0 Å². The van der Waals surface area contributed by atoms with Gasteiger partial charge in [-0.15, -0.1) is 0 Å². The molecule has 0 N–H and O–H groups in total. The number of ether oxygens (including phenoxy) is 2. The van der Waals surface area contributed by atoms with Crippen LogP contribution in [0.4, 0.5) is 0 Å². The molecule has 4 heteroatoms. The lowest BCUT2D eigenvalue weighted by atomic mass is 9.90. The van der Waals surface area contributed by atoms with Crippen molar-refractivity contribution in [1.82, 2.24) is 0 Å². The summed E-state index contributed by atoms with van der Waals surface area (Å²) in [5.74, 6) is -0.744. The Hall–Kier alpha value is -3.14. The molecule has 1 aromatic carbocycles. The van der Waals surface area contributed by atoms with Crippen molar-refractivity contribution in [1.29, 1.82) is 0 Å². The number of carbonyl (C=O) groups excluding carboxylic acids is 2. The molecule has 29 heavy (non-hydrogen) atoms. The maximum absolute atomic E-state index is 12.4. The summed E-state index contributed by atoms with van der Waals surface area (Å²) in [6.45, 7) is 8.49. The molecule has 150 valence electrons. The molecule has 1 aromatic rings. The summed E-state index contributed by atoms with van der Waals surface area (Å²) in [5, 5.41) is 1.75. The highest BCUT2D eigenvalue weighted by atomic mass is 16.5. The quantitative estimate of drug-likeness (QED) is 0.740. The highest BCUT2D eigenvalue weighted by Crippen LogP contribution is 2.32. The number of hydrogen-bond donors (Lipinski definition) is 0. The molecule has 0 aliphatic heterocycles. The summed E-state index contributed by atoms with van der Waals surface area (Å²) < 4.78 is 9.82. The van der Waals surface area contributed by atoms with Crippen molar-refractivity contribution in [3.63, 3.8) is 0 Å². The molecule has 0 atom stereocenters. The van der Waals surface area contributed by atoms with E-state index in [0.29, 0.717) is 5.92 Å². The van der Waals surface area contributed by atoms with Crippen molar-refractivity contribution in [2.45, 2.75) is 27.7 Å². The van der Waals surface area contributed by atoms with Gasteiger partial charge in [-0.1, -0.05) is 44.2 Å². The topological polar surface area (TPSA) is 52.6 Å². The van der Waals surface area contributed by atoms with Gasteiger partial charge in [0.25, 0.3) is 0 Å². The molecule has 2 aliphatic carbocycles. The Morgan fingerprint density at radius 1 is 0.828 bits per heavy atom. The number of fused-ring (bicyclic) bond motifs is 2. The fourth-order valence-corrected chi connectivity index (χ4v) is 3.66. The Bertz CT molecular complexity index is 1140. The van der Waals surface area contributed by atoms with Crippen LogP contribution in [-0.4, -0.2) is 26.2 Å². The van der Waals surface area contributed by atoms with Gasteiger partial charge in [0, 0.05) is 0 Å². The number of carbonyl (C=O) groups is 2. The van der Waals surface area contributed by atoms with Gasteiger partial charge >= 0.3 is 11.9 Å². The molecule has 0 spiro atoms. The third-order valence-corrected chi connectivity index (χ3v) is 5.37. The predicted octanol–water partition coefficient (Wildman–Crippen LogP) is 3.62. The molecule has 2 aliphatic rings. The molecule has 4 nitrogen and oxygen atoms in total. The zero-order valence-electron chi connectivity index (χ0n) is 17.8. The summed E-state index contributed by atoms with van der Waals surface area (Å²) in [7, 11) is 2.61. The third-order valence-electron chi connectivity index (χ3n) is 5.37. The number of rotatable bonds is 3. The van der Waals surface area contributed by atoms with Gasteiger partial charge in [-0.05, 0) is 70.2 Å². The Labute approximate surface area is 171 Å². The summed E-state index contributed by atoms with van der Waals surface area (Å²) >= 11 is 0. The first-order valence-corrected chi connectivity index (χ1v) is 9.63. The van der Waals surface area contributed by atoms with Gasteiger partial charge in [0.1, 0.15) is 0 Å². The normalized spacial score (nSPS) is 15.5. The van der Waals surface area contributed by atoms with E-state index in [2.05, 4.69) is 45.9 Å². The molecule has 0 heterocycles. The lowest BCUT2D eigenvalue weighted by Crippen LogP contribution is -2.31. The average Bonchev–Trinajstić information content (AvgIpc) is 2.96. The smallest absolute Gasteiger partial charge is 0.338 e. The van der Waals surface area contributed by atoms with E-state index >= 15 is 0 Å². The second kappa shape index (κ2) is 8.08. The number of allylic oxidation sites excluding steroid dienone is 8. The van der Waals surface area contributed by atoms with Crippen LogP contribution in [0.3, 0.4) is 0 Å². The molecule has 0 unspecified atom stereocenters. The van der Waals surface area contributed by atoms with E-state index in [1.807, 2.05) is 12.2 Å². The number of esters is 2. The standard InChI is InChI=1S/C25H26O4/c1-14(2)17-9-8-16(4)23-19(11-17)15(3)7-10-18-12-21(24(26)28-5)22(13-20(18)23)25(27)29-6/h7-14H,1-6H3. The highest BCUT2D eigenvalue weighted by Gasteiger charge is 2.22. The SMILES string of the molecule is COC(=O)c1cc2c(cc1C(=O)OC)=C1C(C)=CC=C(C(C)C)C=C1C(C)=CC=2. The van der Waals surface area contributed by atoms with Gasteiger partial charge in [-0.2, -0.15) is 0 Å². The van der Waals surface area contributed by atoms with Crippen LogP contribution in [0.5, 0.6) is 0 Å². The maximum Gasteiger partial charge on any atom is 0.338 e. The Kier molecular flexibility index (Phi) is 5.73. The second-order valence-electron chi connectivity index (χ2n) is 7.59. The van der Waals surface area contributed by atoms with Crippen molar-refractivity contribution in [2.24, 2.45) is 5.92 Å². The zero-order valence-corrected chi connectivity index (χ0v) is 17.8. The van der Waals surface area contributed by atoms with Crippen LogP contribution in [0.1, 0.15) is 48.4 Å². The first-order valence-electron chi connectivity index (χ1n) is 9.63. The van der Waals surface area contributed by atoms with Crippen LogP contribution in [0.15, 0.2) is 58.7 Å². The molecule has 0 amide bonds. The predicted molar refractivity (Wildman–Crippen MR) is 115 cm³/mol. The van der Waals surface area contributed by atoms with Crippen LogP contribution in [0.25, 0.3) is 11.6 Å². The summed E-state index contributed by atoms with van der Waals surface area (Å²) in [6.07, 6.45) is 10.5. The first kappa shape index (κ1) is 20.6. The molecule has 0 fully saturated rings. The van der Waals surface area contributed by atoms with Crippen LogP contribution >= 0.6 is 0 Å². The second-order valence-corrected chi connectivity index (χ2v) is 7.59. The van der Waals surface area contributed by atoms with Crippen LogP contribution in [-0.2, 0) is 9.47 Å². The van der Waals surface area contributed by atoms with Crippen molar-refractivity contribution >= 4 is 23.6 Å². The fourth-order valence-electron chi connectivity index (χ4n) is 3.66. The molecule has 0 bridgehead atoms. The van der Waals surface area contributed by atoms with Gasteiger partial charge in [0.2, 0.25) is 0 Å². The number of benzene rings is 1. The zero-order chi connectivity index (χ0) is 21.3. The third kappa shape index (κ3) is 3.75. The summed E-state index contributed by atoms with van der Waals surface area (Å²) in [5.41, 5.74) is 6.03. The largest absolute Gasteiger partial charge is 0.465 e. The average molecular weight is 390 g/mol. The molecule has 0 radical (unpaired) electrons. The van der Waals surface area contributed by atoms with E-state index < -0.39 is 11.9 Å². The van der Waals surface area contributed by atoms with Crippen LogP contribution in [0.2, 0.25) is 0 Å². The number of methoxy groups -OCH3 is 2. The first-order chi connectivity index (χ1) is 13.8. The van der Waals surface area contributed by atoms with Gasteiger partial charge < -0.3 is 9.47 Å². The van der Waals surface area contributed by atoms with Crippen LogP contribution < -0.4 is 10.4 Å². The lowest BCUT2D eigenvalue weighted by Gasteiger charge is -2.14. The minimum atomic E-state index is -0.566. The van der Waals surface area contributed by atoms with E-state index in [1.165, 1.54) is 19.8 Å². The molecular weight excluding hydrogens is 364 g/mol. The van der Waals surface area contributed by atoms with E-state index in [9.17, 15) is 9.59 Å². The Balaban J connectivity index is 2.47. The monoisotopic (exact) mass is 390 g/mol. The fraction of sp³-hybridized carbons (Fsp3) is 0.280. The van der Waals surface area contributed by atoms with Crippen molar-refractivity contribution in [2.75, 3.05) is 14.2 Å². The van der Waals surface area contributed by atoms with E-state index in [4.69, 9.17) is 9.47 Å². The summed E-state index contributed by atoms with van der Waals surface area (Å²) in [6, 6.07) is 3.46.